The lowest BCUT2D eigenvalue weighted by molar-refractivity contribution is 0.293. The Kier molecular flexibility index (Phi) is 5.85. The van der Waals surface area contributed by atoms with Crippen LogP contribution in [0.3, 0.4) is 0 Å². The summed E-state index contributed by atoms with van der Waals surface area (Å²) < 4.78 is 2.23. The van der Waals surface area contributed by atoms with Crippen LogP contribution in [0.4, 0.5) is 0 Å². The van der Waals surface area contributed by atoms with E-state index in [0.717, 1.165) is 17.3 Å². The fourth-order valence-electron chi connectivity index (χ4n) is 2.39. The highest BCUT2D eigenvalue weighted by atomic mass is 32.2. The van der Waals surface area contributed by atoms with Crippen LogP contribution in [-0.4, -0.2) is 14.8 Å². The standard InChI is InChI=1S/C17H25N3S/c1-4-5-9-12-17(2,3)20-14-18-19-16(20)21-13-15-10-7-6-8-11-15/h6-8,10-11,14H,4-5,9,12-13H2,1-3H3. The predicted octanol–water partition coefficient (Wildman–Crippen LogP) is 4.89. The molecule has 2 rings (SSSR count). The molecule has 0 N–H and O–H groups in total. The van der Waals surface area contributed by atoms with Gasteiger partial charge < -0.3 is 4.57 Å². The summed E-state index contributed by atoms with van der Waals surface area (Å²) in [5.74, 6) is 0.935. The molecule has 0 radical (unpaired) electrons. The molecular formula is C17H25N3S. The second-order valence-electron chi connectivity index (χ2n) is 6.03. The van der Waals surface area contributed by atoms with E-state index in [1.54, 1.807) is 11.8 Å². The minimum Gasteiger partial charge on any atom is -0.303 e. The van der Waals surface area contributed by atoms with Gasteiger partial charge in [-0.3, -0.25) is 0 Å². The van der Waals surface area contributed by atoms with Crippen LogP contribution in [0, 0.1) is 0 Å². The Morgan fingerprint density at radius 1 is 1.14 bits per heavy atom. The van der Waals surface area contributed by atoms with Crippen molar-refractivity contribution in [2.24, 2.45) is 0 Å². The van der Waals surface area contributed by atoms with Crippen molar-refractivity contribution in [1.82, 2.24) is 14.8 Å². The summed E-state index contributed by atoms with van der Waals surface area (Å²) in [7, 11) is 0. The molecule has 1 aromatic carbocycles. The van der Waals surface area contributed by atoms with Crippen molar-refractivity contribution < 1.29 is 0 Å². The van der Waals surface area contributed by atoms with Crippen molar-refractivity contribution in [2.75, 3.05) is 0 Å². The Bertz CT molecular complexity index is 534. The first-order valence-electron chi connectivity index (χ1n) is 7.70. The fourth-order valence-corrected chi connectivity index (χ4v) is 3.41. The molecule has 0 unspecified atom stereocenters. The van der Waals surface area contributed by atoms with E-state index in [0.29, 0.717) is 0 Å². The van der Waals surface area contributed by atoms with Gasteiger partial charge in [0.15, 0.2) is 5.16 Å². The minimum absolute atomic E-state index is 0.0810. The Labute approximate surface area is 132 Å². The predicted molar refractivity (Wildman–Crippen MR) is 89.5 cm³/mol. The van der Waals surface area contributed by atoms with E-state index in [1.807, 2.05) is 12.4 Å². The molecule has 3 nitrogen and oxygen atoms in total. The summed E-state index contributed by atoms with van der Waals surface area (Å²) in [6, 6.07) is 10.5. The van der Waals surface area contributed by atoms with Crippen LogP contribution in [0.25, 0.3) is 0 Å². The van der Waals surface area contributed by atoms with Crippen LogP contribution in [-0.2, 0) is 11.3 Å². The quantitative estimate of drug-likeness (QED) is 0.514. The monoisotopic (exact) mass is 303 g/mol. The number of hydrogen-bond acceptors (Lipinski definition) is 3. The zero-order valence-electron chi connectivity index (χ0n) is 13.2. The lowest BCUT2D eigenvalue weighted by Gasteiger charge is -2.27. The third-order valence-corrected chi connectivity index (χ3v) is 4.79. The van der Waals surface area contributed by atoms with Gasteiger partial charge in [0.05, 0.1) is 0 Å². The van der Waals surface area contributed by atoms with E-state index in [-0.39, 0.29) is 5.54 Å². The van der Waals surface area contributed by atoms with Crippen LogP contribution < -0.4 is 0 Å². The van der Waals surface area contributed by atoms with Gasteiger partial charge in [-0.25, -0.2) is 0 Å². The van der Waals surface area contributed by atoms with Gasteiger partial charge in [-0.1, -0.05) is 68.3 Å². The average Bonchev–Trinajstić information content (AvgIpc) is 2.96. The minimum atomic E-state index is 0.0810. The van der Waals surface area contributed by atoms with Crippen molar-refractivity contribution in [3.05, 3.63) is 42.2 Å². The van der Waals surface area contributed by atoms with E-state index in [1.165, 1.54) is 24.8 Å². The summed E-state index contributed by atoms with van der Waals surface area (Å²) in [5.41, 5.74) is 1.40. The number of nitrogens with zero attached hydrogens (tertiary/aromatic N) is 3. The Morgan fingerprint density at radius 3 is 2.62 bits per heavy atom. The first-order valence-corrected chi connectivity index (χ1v) is 8.69. The summed E-state index contributed by atoms with van der Waals surface area (Å²) in [6.45, 7) is 6.80. The number of unbranched alkanes of at least 4 members (excludes halogenated alkanes) is 2. The molecular weight excluding hydrogens is 278 g/mol. The SMILES string of the molecule is CCCCCC(C)(C)n1cnnc1SCc1ccccc1. The summed E-state index contributed by atoms with van der Waals surface area (Å²) in [4.78, 5) is 0. The maximum Gasteiger partial charge on any atom is 0.191 e. The number of hydrogen-bond donors (Lipinski definition) is 0. The van der Waals surface area contributed by atoms with E-state index >= 15 is 0 Å². The van der Waals surface area contributed by atoms with Crippen molar-refractivity contribution in [2.45, 2.75) is 62.9 Å². The molecule has 1 heterocycles. The third-order valence-electron chi connectivity index (χ3n) is 3.77. The first-order chi connectivity index (χ1) is 10.1. The highest BCUT2D eigenvalue weighted by molar-refractivity contribution is 7.98. The van der Waals surface area contributed by atoms with Crippen LogP contribution in [0.15, 0.2) is 41.8 Å². The summed E-state index contributed by atoms with van der Waals surface area (Å²) >= 11 is 1.76. The maximum atomic E-state index is 4.30. The summed E-state index contributed by atoms with van der Waals surface area (Å²) in [5, 5.41) is 9.44. The van der Waals surface area contributed by atoms with E-state index in [9.17, 15) is 0 Å². The second-order valence-corrected chi connectivity index (χ2v) is 6.97. The van der Waals surface area contributed by atoms with E-state index < -0.39 is 0 Å². The molecule has 1 aromatic heterocycles. The zero-order valence-corrected chi connectivity index (χ0v) is 14.1. The second kappa shape index (κ2) is 7.64. The van der Waals surface area contributed by atoms with Crippen molar-refractivity contribution in [3.63, 3.8) is 0 Å². The molecule has 0 amide bonds. The van der Waals surface area contributed by atoms with Crippen LogP contribution in [0.1, 0.15) is 52.0 Å². The highest BCUT2D eigenvalue weighted by Gasteiger charge is 2.23. The number of benzene rings is 1. The van der Waals surface area contributed by atoms with Gasteiger partial charge in [0.1, 0.15) is 6.33 Å². The Balaban J connectivity index is 2.00. The van der Waals surface area contributed by atoms with Gasteiger partial charge in [-0.05, 0) is 25.8 Å². The third kappa shape index (κ3) is 4.60. The fraction of sp³-hybridized carbons (Fsp3) is 0.529. The molecule has 21 heavy (non-hydrogen) atoms. The van der Waals surface area contributed by atoms with Crippen LogP contribution in [0.5, 0.6) is 0 Å². The van der Waals surface area contributed by atoms with Gasteiger partial charge in [0.2, 0.25) is 0 Å². The van der Waals surface area contributed by atoms with E-state index in [2.05, 4.69) is 59.8 Å². The molecule has 114 valence electrons. The number of rotatable bonds is 8. The Hall–Kier alpha value is -1.29. The maximum absolute atomic E-state index is 4.30. The first kappa shape index (κ1) is 16.1. The molecule has 2 aromatic rings. The van der Waals surface area contributed by atoms with Crippen molar-refractivity contribution >= 4 is 11.8 Å². The normalized spacial score (nSPS) is 11.8. The molecule has 0 bridgehead atoms. The average molecular weight is 303 g/mol. The molecule has 0 saturated carbocycles. The molecule has 0 saturated heterocycles. The molecule has 4 heteroatoms. The van der Waals surface area contributed by atoms with Gasteiger partial charge in [0, 0.05) is 11.3 Å². The van der Waals surface area contributed by atoms with E-state index in [4.69, 9.17) is 0 Å². The van der Waals surface area contributed by atoms with Crippen molar-refractivity contribution in [3.8, 4) is 0 Å². The lowest BCUT2D eigenvalue weighted by Crippen LogP contribution is -2.26. The highest BCUT2D eigenvalue weighted by Crippen LogP contribution is 2.29. The molecule has 0 atom stereocenters. The zero-order chi connectivity index (χ0) is 15.1. The molecule has 0 spiro atoms. The van der Waals surface area contributed by atoms with Crippen LogP contribution in [0.2, 0.25) is 0 Å². The Morgan fingerprint density at radius 2 is 1.90 bits per heavy atom. The number of aromatic nitrogens is 3. The number of thioether (sulfide) groups is 1. The van der Waals surface area contributed by atoms with Gasteiger partial charge in [-0.2, -0.15) is 0 Å². The van der Waals surface area contributed by atoms with Gasteiger partial charge >= 0.3 is 0 Å². The van der Waals surface area contributed by atoms with Crippen LogP contribution >= 0.6 is 11.8 Å². The van der Waals surface area contributed by atoms with Gasteiger partial charge in [-0.15, -0.1) is 10.2 Å². The smallest absolute Gasteiger partial charge is 0.191 e. The topological polar surface area (TPSA) is 30.7 Å². The van der Waals surface area contributed by atoms with Gasteiger partial charge in [0.25, 0.3) is 0 Å². The molecule has 0 aliphatic carbocycles. The molecule has 0 fully saturated rings. The molecule has 0 aliphatic rings. The molecule has 0 aliphatic heterocycles. The summed E-state index contributed by atoms with van der Waals surface area (Å²) in [6.07, 6.45) is 6.84. The van der Waals surface area contributed by atoms with Crippen molar-refractivity contribution in [1.29, 1.82) is 0 Å². The lowest BCUT2D eigenvalue weighted by atomic mass is 9.97. The largest absolute Gasteiger partial charge is 0.303 e.